The molecule has 80 valence electrons. The van der Waals surface area contributed by atoms with E-state index in [1.807, 2.05) is 6.92 Å². The molecule has 0 aromatic carbocycles. The minimum Gasteiger partial charge on any atom is -0.396 e. The Morgan fingerprint density at radius 1 is 1.57 bits per heavy atom. The van der Waals surface area contributed by atoms with Crippen molar-refractivity contribution in [3.05, 3.63) is 22.4 Å². The monoisotopic (exact) mass is 213 g/mol. The largest absolute Gasteiger partial charge is 0.396 e. The summed E-state index contributed by atoms with van der Waals surface area (Å²) in [5.74, 6) is 0.337. The first-order chi connectivity index (χ1) is 6.77. The van der Waals surface area contributed by atoms with Crippen molar-refractivity contribution in [2.45, 2.75) is 26.3 Å². The number of rotatable bonds is 6. The van der Waals surface area contributed by atoms with Crippen LogP contribution in [0.3, 0.4) is 0 Å². The maximum Gasteiger partial charge on any atom is 0.0468 e. The molecular formula is C11H19NOS. The fraction of sp³-hybridized carbons (Fsp3) is 0.636. The zero-order chi connectivity index (χ0) is 10.4. The molecule has 14 heavy (non-hydrogen) atoms. The molecule has 2 nitrogen and oxygen atoms in total. The average molecular weight is 213 g/mol. The van der Waals surface area contributed by atoms with Gasteiger partial charge in [0, 0.05) is 24.1 Å². The van der Waals surface area contributed by atoms with Crippen LogP contribution in [0.4, 0.5) is 0 Å². The highest BCUT2D eigenvalue weighted by Gasteiger charge is 2.10. The van der Waals surface area contributed by atoms with Crippen LogP contribution in [0.25, 0.3) is 0 Å². The standard InChI is InChI=1S/C11H19NOS/c1-3-10(11-5-4-6-14-11)12-7-9(2)8-13/h4-6,9-10,12-13H,3,7-8H2,1-2H3. The Morgan fingerprint density at radius 2 is 2.36 bits per heavy atom. The summed E-state index contributed by atoms with van der Waals surface area (Å²) in [6.07, 6.45) is 1.10. The number of aliphatic hydroxyl groups is 1. The van der Waals surface area contributed by atoms with Gasteiger partial charge in [0.1, 0.15) is 0 Å². The third-order valence-electron chi connectivity index (χ3n) is 2.32. The first-order valence-electron chi connectivity index (χ1n) is 5.15. The summed E-state index contributed by atoms with van der Waals surface area (Å²) < 4.78 is 0. The Morgan fingerprint density at radius 3 is 2.86 bits per heavy atom. The van der Waals surface area contributed by atoms with Gasteiger partial charge in [0.2, 0.25) is 0 Å². The van der Waals surface area contributed by atoms with E-state index in [-0.39, 0.29) is 6.61 Å². The van der Waals surface area contributed by atoms with Crippen LogP contribution < -0.4 is 5.32 Å². The molecule has 0 bridgehead atoms. The van der Waals surface area contributed by atoms with Crippen LogP contribution in [0.1, 0.15) is 31.2 Å². The smallest absolute Gasteiger partial charge is 0.0468 e. The molecule has 0 saturated heterocycles. The van der Waals surface area contributed by atoms with Gasteiger partial charge in [0.25, 0.3) is 0 Å². The van der Waals surface area contributed by atoms with Gasteiger partial charge in [-0.25, -0.2) is 0 Å². The first kappa shape index (κ1) is 11.7. The zero-order valence-corrected chi connectivity index (χ0v) is 9.68. The van der Waals surface area contributed by atoms with Crippen molar-refractivity contribution in [3.63, 3.8) is 0 Å². The van der Waals surface area contributed by atoms with E-state index in [1.165, 1.54) is 4.88 Å². The molecule has 0 amide bonds. The molecule has 0 spiro atoms. The molecular weight excluding hydrogens is 194 g/mol. The quantitative estimate of drug-likeness (QED) is 0.760. The second-order valence-corrected chi connectivity index (χ2v) is 4.65. The molecule has 1 aromatic heterocycles. The van der Waals surface area contributed by atoms with Crippen molar-refractivity contribution in [2.24, 2.45) is 5.92 Å². The van der Waals surface area contributed by atoms with Crippen molar-refractivity contribution < 1.29 is 5.11 Å². The van der Waals surface area contributed by atoms with E-state index in [0.717, 1.165) is 13.0 Å². The minimum atomic E-state index is 0.258. The fourth-order valence-electron chi connectivity index (χ4n) is 1.34. The van der Waals surface area contributed by atoms with Gasteiger partial charge in [0.15, 0.2) is 0 Å². The summed E-state index contributed by atoms with van der Waals surface area (Å²) in [7, 11) is 0. The van der Waals surface area contributed by atoms with Crippen LogP contribution >= 0.6 is 11.3 Å². The number of hydrogen-bond donors (Lipinski definition) is 2. The van der Waals surface area contributed by atoms with Gasteiger partial charge in [-0.15, -0.1) is 11.3 Å². The van der Waals surface area contributed by atoms with Gasteiger partial charge < -0.3 is 10.4 Å². The average Bonchev–Trinajstić information content (AvgIpc) is 2.72. The molecule has 3 heteroatoms. The molecule has 1 heterocycles. The first-order valence-corrected chi connectivity index (χ1v) is 6.03. The van der Waals surface area contributed by atoms with Crippen LogP contribution in [-0.2, 0) is 0 Å². The van der Waals surface area contributed by atoms with Gasteiger partial charge in [-0.2, -0.15) is 0 Å². The minimum absolute atomic E-state index is 0.258. The molecule has 2 unspecified atom stereocenters. The molecule has 0 saturated carbocycles. The van der Waals surface area contributed by atoms with Crippen LogP contribution in [0.2, 0.25) is 0 Å². The molecule has 0 aliphatic carbocycles. The molecule has 0 aliphatic heterocycles. The van der Waals surface area contributed by atoms with Gasteiger partial charge >= 0.3 is 0 Å². The summed E-state index contributed by atoms with van der Waals surface area (Å²) in [4.78, 5) is 1.39. The summed E-state index contributed by atoms with van der Waals surface area (Å²) in [6, 6.07) is 4.69. The fourth-order valence-corrected chi connectivity index (χ4v) is 2.23. The van der Waals surface area contributed by atoms with E-state index in [9.17, 15) is 0 Å². The predicted octanol–water partition coefficient (Wildman–Crippen LogP) is 2.42. The van der Waals surface area contributed by atoms with Gasteiger partial charge in [-0.3, -0.25) is 0 Å². The SMILES string of the molecule is CCC(NCC(C)CO)c1cccs1. The van der Waals surface area contributed by atoms with Crippen molar-refractivity contribution in [2.75, 3.05) is 13.2 Å². The van der Waals surface area contributed by atoms with Crippen molar-refractivity contribution in [1.82, 2.24) is 5.32 Å². The van der Waals surface area contributed by atoms with E-state index in [2.05, 4.69) is 29.8 Å². The Bertz CT molecular complexity index is 235. The Labute approximate surface area is 90.0 Å². The normalized spacial score (nSPS) is 15.4. The molecule has 0 radical (unpaired) electrons. The Balaban J connectivity index is 2.40. The lowest BCUT2D eigenvalue weighted by Crippen LogP contribution is -2.26. The lowest BCUT2D eigenvalue weighted by molar-refractivity contribution is 0.230. The Hall–Kier alpha value is -0.380. The lowest BCUT2D eigenvalue weighted by Gasteiger charge is -2.17. The summed E-state index contributed by atoms with van der Waals surface area (Å²) in [5, 5.41) is 14.5. The van der Waals surface area contributed by atoms with E-state index >= 15 is 0 Å². The van der Waals surface area contributed by atoms with E-state index in [1.54, 1.807) is 11.3 Å². The van der Waals surface area contributed by atoms with Gasteiger partial charge in [0.05, 0.1) is 0 Å². The summed E-state index contributed by atoms with van der Waals surface area (Å²) in [5.41, 5.74) is 0. The van der Waals surface area contributed by atoms with Crippen molar-refractivity contribution in [3.8, 4) is 0 Å². The predicted molar refractivity (Wildman–Crippen MR) is 61.6 cm³/mol. The van der Waals surface area contributed by atoms with E-state index < -0.39 is 0 Å². The topological polar surface area (TPSA) is 32.3 Å². The highest BCUT2D eigenvalue weighted by Crippen LogP contribution is 2.21. The Kier molecular flexibility index (Phi) is 5.15. The molecule has 0 aliphatic rings. The third-order valence-corrected chi connectivity index (χ3v) is 3.31. The summed E-state index contributed by atoms with van der Waals surface area (Å²) in [6.45, 7) is 5.37. The van der Waals surface area contributed by atoms with Crippen LogP contribution in [0.5, 0.6) is 0 Å². The zero-order valence-electron chi connectivity index (χ0n) is 8.86. The molecule has 2 N–H and O–H groups in total. The summed E-state index contributed by atoms with van der Waals surface area (Å²) >= 11 is 1.79. The highest BCUT2D eigenvalue weighted by molar-refractivity contribution is 7.10. The number of hydrogen-bond acceptors (Lipinski definition) is 3. The maximum atomic E-state index is 8.91. The second-order valence-electron chi connectivity index (χ2n) is 3.67. The van der Waals surface area contributed by atoms with Crippen LogP contribution in [0.15, 0.2) is 17.5 Å². The van der Waals surface area contributed by atoms with Crippen LogP contribution in [-0.4, -0.2) is 18.3 Å². The molecule has 1 aromatic rings. The number of thiophene rings is 1. The third kappa shape index (κ3) is 3.40. The van der Waals surface area contributed by atoms with Gasteiger partial charge in [-0.05, 0) is 23.8 Å². The van der Waals surface area contributed by atoms with E-state index in [4.69, 9.17) is 5.11 Å². The second kappa shape index (κ2) is 6.17. The van der Waals surface area contributed by atoms with Crippen molar-refractivity contribution in [1.29, 1.82) is 0 Å². The van der Waals surface area contributed by atoms with Crippen LogP contribution in [0, 0.1) is 5.92 Å². The molecule has 0 fully saturated rings. The number of aliphatic hydroxyl groups excluding tert-OH is 1. The van der Waals surface area contributed by atoms with E-state index in [0.29, 0.717) is 12.0 Å². The molecule has 2 atom stereocenters. The highest BCUT2D eigenvalue weighted by atomic mass is 32.1. The van der Waals surface area contributed by atoms with Gasteiger partial charge in [-0.1, -0.05) is 19.9 Å². The molecule has 1 rings (SSSR count). The van der Waals surface area contributed by atoms with Crippen molar-refractivity contribution >= 4 is 11.3 Å². The number of nitrogens with one attached hydrogen (secondary N) is 1. The maximum absolute atomic E-state index is 8.91. The lowest BCUT2D eigenvalue weighted by atomic mass is 10.1.